The molecule has 0 aromatic rings. The molecule has 0 amide bonds. The molecule has 4 nitrogen and oxygen atoms in total. The van der Waals surface area contributed by atoms with Crippen LogP contribution in [0.15, 0.2) is 0 Å². The molecule has 1 fully saturated rings. The molecule has 0 aromatic heterocycles. The molecule has 1 aliphatic rings. The van der Waals surface area contributed by atoms with Gasteiger partial charge in [0.05, 0.1) is 5.75 Å². The second-order valence-corrected chi connectivity index (χ2v) is 4.96. The molecule has 1 N–H and O–H groups in total. The largest absolute Gasteiger partial charge is 0.314 e. The first-order chi connectivity index (χ1) is 5.10. The fraction of sp³-hybridized carbons (Fsp3) is 1.00. The van der Waals surface area contributed by atoms with Crippen molar-refractivity contribution in [1.82, 2.24) is 9.62 Å². The van der Waals surface area contributed by atoms with Crippen LogP contribution in [0, 0.1) is 0 Å². The molecule has 0 atom stereocenters. The second-order valence-electron chi connectivity index (χ2n) is 2.70. The number of hydrogen-bond donors (Lipinski definition) is 1. The lowest BCUT2D eigenvalue weighted by atomic mass is 10.2. The Morgan fingerprint density at radius 2 is 2.09 bits per heavy atom. The molecule has 0 radical (unpaired) electrons. The van der Waals surface area contributed by atoms with Gasteiger partial charge in [-0.1, -0.05) is 0 Å². The van der Waals surface area contributed by atoms with Gasteiger partial charge in [0.15, 0.2) is 0 Å². The zero-order valence-corrected chi connectivity index (χ0v) is 7.69. The predicted molar refractivity (Wildman–Crippen MR) is 43.9 cm³/mol. The molecule has 0 spiro atoms. The lowest BCUT2D eigenvalue weighted by molar-refractivity contribution is 0.237. The van der Waals surface area contributed by atoms with Crippen molar-refractivity contribution >= 4 is 10.0 Å². The van der Waals surface area contributed by atoms with Gasteiger partial charge < -0.3 is 5.32 Å². The van der Waals surface area contributed by atoms with Crippen LogP contribution in [0.5, 0.6) is 0 Å². The number of rotatable bonds is 3. The topological polar surface area (TPSA) is 49.4 Å². The van der Waals surface area contributed by atoms with E-state index in [1.54, 1.807) is 6.92 Å². The third kappa shape index (κ3) is 1.72. The van der Waals surface area contributed by atoms with Crippen molar-refractivity contribution in [2.75, 3.05) is 25.9 Å². The molecule has 11 heavy (non-hydrogen) atoms. The van der Waals surface area contributed by atoms with Crippen molar-refractivity contribution < 1.29 is 8.42 Å². The standard InChI is InChI=1S/C6H14N2O2S/c1-3-11(9,10)8-4-6(5-8)7-2/h6-7H,3-5H2,1-2H3. The van der Waals surface area contributed by atoms with E-state index in [-0.39, 0.29) is 5.75 Å². The molecule has 1 saturated heterocycles. The maximum absolute atomic E-state index is 11.1. The number of likely N-dealkylation sites (N-methyl/N-ethyl adjacent to an activating group) is 1. The zero-order valence-electron chi connectivity index (χ0n) is 6.87. The molecule has 0 unspecified atom stereocenters. The molecule has 0 aliphatic carbocycles. The van der Waals surface area contributed by atoms with Gasteiger partial charge in [-0.3, -0.25) is 0 Å². The van der Waals surface area contributed by atoms with Crippen LogP contribution in [0.3, 0.4) is 0 Å². The highest BCUT2D eigenvalue weighted by Gasteiger charge is 2.33. The minimum absolute atomic E-state index is 0.212. The van der Waals surface area contributed by atoms with Gasteiger partial charge in [0.25, 0.3) is 0 Å². The Labute approximate surface area is 67.6 Å². The highest BCUT2D eigenvalue weighted by atomic mass is 32.2. The minimum Gasteiger partial charge on any atom is -0.314 e. The Kier molecular flexibility index (Phi) is 2.51. The third-order valence-electron chi connectivity index (χ3n) is 2.01. The summed E-state index contributed by atoms with van der Waals surface area (Å²) in [5.74, 6) is 0.212. The average molecular weight is 178 g/mol. The number of hydrogen-bond acceptors (Lipinski definition) is 3. The van der Waals surface area contributed by atoms with E-state index in [4.69, 9.17) is 0 Å². The molecule has 1 aliphatic heterocycles. The maximum atomic E-state index is 11.1. The SMILES string of the molecule is CCS(=O)(=O)N1CC(NC)C1. The number of nitrogens with one attached hydrogen (secondary N) is 1. The van der Waals surface area contributed by atoms with Crippen LogP contribution in [-0.2, 0) is 10.0 Å². The van der Waals surface area contributed by atoms with Gasteiger partial charge in [-0.2, -0.15) is 4.31 Å². The van der Waals surface area contributed by atoms with Crippen molar-refractivity contribution in [3.8, 4) is 0 Å². The average Bonchev–Trinajstić information content (AvgIpc) is 1.85. The van der Waals surface area contributed by atoms with E-state index in [1.807, 2.05) is 7.05 Å². The Morgan fingerprint density at radius 3 is 2.45 bits per heavy atom. The third-order valence-corrected chi connectivity index (χ3v) is 3.83. The Bertz CT molecular complexity index is 219. The molecule has 1 rings (SSSR count). The molecular formula is C6H14N2O2S. The Hall–Kier alpha value is -0.130. The lowest BCUT2D eigenvalue weighted by Gasteiger charge is -2.37. The van der Waals surface area contributed by atoms with Crippen molar-refractivity contribution in [1.29, 1.82) is 0 Å². The molecule has 5 heteroatoms. The quantitative estimate of drug-likeness (QED) is 0.618. The van der Waals surface area contributed by atoms with Gasteiger partial charge in [0, 0.05) is 19.1 Å². The van der Waals surface area contributed by atoms with Crippen LogP contribution in [0.2, 0.25) is 0 Å². The van der Waals surface area contributed by atoms with Crippen molar-refractivity contribution in [2.45, 2.75) is 13.0 Å². The summed E-state index contributed by atoms with van der Waals surface area (Å²) >= 11 is 0. The molecule has 1 heterocycles. The van der Waals surface area contributed by atoms with Gasteiger partial charge in [-0.05, 0) is 14.0 Å². The number of nitrogens with zero attached hydrogens (tertiary/aromatic N) is 1. The van der Waals surface area contributed by atoms with Crippen LogP contribution in [-0.4, -0.2) is 44.7 Å². The summed E-state index contributed by atoms with van der Waals surface area (Å²) in [6, 6.07) is 0.358. The summed E-state index contributed by atoms with van der Waals surface area (Å²) in [6.07, 6.45) is 0. The summed E-state index contributed by atoms with van der Waals surface area (Å²) in [5, 5.41) is 3.02. The molecule has 0 aromatic carbocycles. The Balaban J connectivity index is 2.44. The van der Waals surface area contributed by atoms with Crippen molar-refractivity contribution in [3.63, 3.8) is 0 Å². The van der Waals surface area contributed by atoms with E-state index in [2.05, 4.69) is 5.32 Å². The van der Waals surface area contributed by atoms with E-state index in [0.717, 1.165) is 0 Å². The summed E-state index contributed by atoms with van der Waals surface area (Å²) in [6.45, 7) is 2.93. The van der Waals surface area contributed by atoms with Crippen molar-refractivity contribution in [2.24, 2.45) is 0 Å². The fourth-order valence-electron chi connectivity index (χ4n) is 1.03. The number of sulfonamides is 1. The van der Waals surface area contributed by atoms with E-state index in [9.17, 15) is 8.42 Å². The van der Waals surface area contributed by atoms with E-state index >= 15 is 0 Å². The first-order valence-electron chi connectivity index (χ1n) is 3.75. The summed E-state index contributed by atoms with van der Waals surface area (Å²) in [7, 11) is -1.06. The summed E-state index contributed by atoms with van der Waals surface area (Å²) < 4.78 is 23.8. The first kappa shape index (κ1) is 8.96. The maximum Gasteiger partial charge on any atom is 0.213 e. The van der Waals surface area contributed by atoms with E-state index in [1.165, 1.54) is 4.31 Å². The van der Waals surface area contributed by atoms with Gasteiger partial charge in [-0.25, -0.2) is 8.42 Å². The monoisotopic (exact) mass is 178 g/mol. The summed E-state index contributed by atoms with van der Waals surface area (Å²) in [4.78, 5) is 0. The first-order valence-corrected chi connectivity index (χ1v) is 5.36. The van der Waals surface area contributed by atoms with Gasteiger partial charge in [0.1, 0.15) is 0 Å². The van der Waals surface area contributed by atoms with Gasteiger partial charge in [0.2, 0.25) is 10.0 Å². The van der Waals surface area contributed by atoms with Crippen molar-refractivity contribution in [3.05, 3.63) is 0 Å². The van der Waals surface area contributed by atoms with Gasteiger partial charge in [-0.15, -0.1) is 0 Å². The smallest absolute Gasteiger partial charge is 0.213 e. The highest BCUT2D eigenvalue weighted by molar-refractivity contribution is 7.89. The molecule has 0 bridgehead atoms. The van der Waals surface area contributed by atoms with Gasteiger partial charge >= 0.3 is 0 Å². The van der Waals surface area contributed by atoms with E-state index in [0.29, 0.717) is 19.1 Å². The second kappa shape index (κ2) is 3.08. The normalized spacial score (nSPS) is 21.6. The molecule has 66 valence electrons. The highest BCUT2D eigenvalue weighted by Crippen LogP contribution is 2.12. The van der Waals surface area contributed by atoms with E-state index < -0.39 is 10.0 Å². The summed E-state index contributed by atoms with van der Waals surface area (Å²) in [5.41, 5.74) is 0. The predicted octanol–water partition coefficient (Wildman–Crippen LogP) is -0.760. The Morgan fingerprint density at radius 1 is 1.55 bits per heavy atom. The lowest BCUT2D eigenvalue weighted by Crippen LogP contribution is -2.59. The van der Waals surface area contributed by atoms with Crippen LogP contribution in [0.1, 0.15) is 6.92 Å². The van der Waals surface area contributed by atoms with Crippen LogP contribution in [0.4, 0.5) is 0 Å². The molecular weight excluding hydrogens is 164 g/mol. The minimum atomic E-state index is -2.91. The van der Waals surface area contributed by atoms with Crippen LogP contribution >= 0.6 is 0 Å². The fourth-order valence-corrected chi connectivity index (χ4v) is 2.21. The van der Waals surface area contributed by atoms with Crippen LogP contribution < -0.4 is 5.32 Å². The zero-order chi connectivity index (χ0) is 8.48. The van der Waals surface area contributed by atoms with Crippen LogP contribution in [0.25, 0.3) is 0 Å². The molecule has 0 saturated carbocycles.